The molecule has 3 aromatic heterocycles. The van der Waals surface area contributed by atoms with E-state index in [1.165, 1.54) is 29.8 Å². The van der Waals surface area contributed by atoms with Crippen molar-refractivity contribution in [2.24, 2.45) is 4.99 Å². The van der Waals surface area contributed by atoms with E-state index in [4.69, 9.17) is 9.15 Å². The standard InChI is InChI=1S/C19H16N2O4S2/c1-10-6-7-12(25-10)9-14-17(22)21-16(13-5-4-8-26-13)15(18(23)24-3)11(2)20-19(21)27-14/h4-9,16H,1-3H3/b14-9+/t16-/m1/s1. The fraction of sp³-hybridized carbons (Fsp3) is 0.211. The molecule has 0 saturated heterocycles. The summed E-state index contributed by atoms with van der Waals surface area (Å²) in [7, 11) is 1.33. The molecule has 3 aromatic rings. The Morgan fingerprint density at radius 2 is 2.15 bits per heavy atom. The Labute approximate surface area is 162 Å². The molecule has 0 radical (unpaired) electrons. The van der Waals surface area contributed by atoms with Crippen molar-refractivity contribution in [3.63, 3.8) is 0 Å². The number of aromatic nitrogens is 1. The van der Waals surface area contributed by atoms with Gasteiger partial charge in [0.25, 0.3) is 5.56 Å². The zero-order valence-corrected chi connectivity index (χ0v) is 16.5. The third kappa shape index (κ3) is 3.00. The number of hydrogen-bond donors (Lipinski definition) is 0. The van der Waals surface area contributed by atoms with Crippen LogP contribution >= 0.6 is 22.7 Å². The second kappa shape index (κ2) is 6.79. The number of hydrogen-bond acceptors (Lipinski definition) is 7. The summed E-state index contributed by atoms with van der Waals surface area (Å²) >= 11 is 2.76. The topological polar surface area (TPSA) is 73.8 Å². The SMILES string of the molecule is COC(=O)C1=C(C)N=c2s/c(=C/c3ccc(C)o3)c(=O)n2[C@@H]1c1cccs1. The molecule has 138 valence electrons. The van der Waals surface area contributed by atoms with E-state index in [1.54, 1.807) is 17.6 Å². The molecule has 27 heavy (non-hydrogen) atoms. The largest absolute Gasteiger partial charge is 0.466 e. The van der Waals surface area contributed by atoms with E-state index in [1.807, 2.05) is 36.6 Å². The molecule has 0 aromatic carbocycles. The average Bonchev–Trinajstić information content (AvgIpc) is 3.36. The molecule has 0 aliphatic carbocycles. The maximum absolute atomic E-state index is 13.2. The fourth-order valence-electron chi connectivity index (χ4n) is 3.07. The van der Waals surface area contributed by atoms with Crippen LogP contribution < -0.4 is 14.9 Å². The van der Waals surface area contributed by atoms with Crippen LogP contribution in [-0.4, -0.2) is 17.6 Å². The van der Waals surface area contributed by atoms with Gasteiger partial charge in [0.1, 0.15) is 17.6 Å². The molecule has 0 unspecified atom stereocenters. The number of furan rings is 1. The van der Waals surface area contributed by atoms with Gasteiger partial charge in [-0.3, -0.25) is 9.36 Å². The predicted molar refractivity (Wildman–Crippen MR) is 104 cm³/mol. The van der Waals surface area contributed by atoms with Gasteiger partial charge in [0.15, 0.2) is 4.80 Å². The molecule has 0 fully saturated rings. The lowest BCUT2D eigenvalue weighted by Crippen LogP contribution is -2.39. The number of carbonyl (C=O) groups excluding carboxylic acids is 1. The van der Waals surface area contributed by atoms with Crippen molar-refractivity contribution in [3.8, 4) is 0 Å². The van der Waals surface area contributed by atoms with Crippen LogP contribution in [0.1, 0.15) is 29.4 Å². The van der Waals surface area contributed by atoms with Crippen molar-refractivity contribution in [1.82, 2.24) is 4.57 Å². The number of nitrogens with zero attached hydrogens (tertiary/aromatic N) is 2. The quantitative estimate of drug-likeness (QED) is 0.633. The minimum atomic E-state index is -0.547. The summed E-state index contributed by atoms with van der Waals surface area (Å²) in [5.41, 5.74) is 0.731. The summed E-state index contributed by atoms with van der Waals surface area (Å²) in [5.74, 6) is 0.897. The van der Waals surface area contributed by atoms with Gasteiger partial charge in [-0.05, 0) is 37.4 Å². The van der Waals surface area contributed by atoms with Crippen LogP contribution in [-0.2, 0) is 9.53 Å². The number of thiophene rings is 1. The Kier molecular flexibility index (Phi) is 4.45. The predicted octanol–water partition coefficient (Wildman–Crippen LogP) is 2.37. The van der Waals surface area contributed by atoms with Crippen LogP contribution in [0, 0.1) is 6.92 Å². The fourth-order valence-corrected chi connectivity index (χ4v) is 4.92. The maximum atomic E-state index is 13.2. The first-order valence-corrected chi connectivity index (χ1v) is 9.90. The van der Waals surface area contributed by atoms with Gasteiger partial charge in [-0.25, -0.2) is 9.79 Å². The molecule has 4 heterocycles. The molecular formula is C19H16N2O4S2. The van der Waals surface area contributed by atoms with Gasteiger partial charge in [-0.1, -0.05) is 17.4 Å². The Balaban J connectivity index is 1.98. The zero-order chi connectivity index (χ0) is 19.1. The molecule has 0 spiro atoms. The lowest BCUT2D eigenvalue weighted by atomic mass is 10.0. The van der Waals surface area contributed by atoms with Crippen molar-refractivity contribution in [2.45, 2.75) is 19.9 Å². The average molecular weight is 400 g/mol. The van der Waals surface area contributed by atoms with Crippen molar-refractivity contribution in [2.75, 3.05) is 7.11 Å². The molecule has 1 aliphatic rings. The van der Waals surface area contributed by atoms with E-state index >= 15 is 0 Å². The van der Waals surface area contributed by atoms with Gasteiger partial charge in [-0.15, -0.1) is 11.3 Å². The minimum absolute atomic E-state index is 0.208. The van der Waals surface area contributed by atoms with Gasteiger partial charge in [0, 0.05) is 11.0 Å². The number of fused-ring (bicyclic) bond motifs is 1. The highest BCUT2D eigenvalue weighted by atomic mass is 32.1. The van der Waals surface area contributed by atoms with Crippen LogP contribution in [0.4, 0.5) is 0 Å². The number of methoxy groups -OCH3 is 1. The first-order valence-electron chi connectivity index (χ1n) is 8.20. The van der Waals surface area contributed by atoms with Crippen molar-refractivity contribution >= 4 is 34.7 Å². The zero-order valence-electron chi connectivity index (χ0n) is 14.9. The monoisotopic (exact) mass is 400 g/mol. The van der Waals surface area contributed by atoms with Crippen molar-refractivity contribution < 1.29 is 13.9 Å². The van der Waals surface area contributed by atoms with Crippen LogP contribution in [0.2, 0.25) is 0 Å². The van der Waals surface area contributed by atoms with Gasteiger partial charge in [0.05, 0.1) is 22.9 Å². The van der Waals surface area contributed by atoms with Gasteiger partial charge >= 0.3 is 5.97 Å². The molecule has 0 saturated carbocycles. The molecule has 6 nitrogen and oxygen atoms in total. The molecule has 8 heteroatoms. The number of aryl methyl sites for hydroxylation is 1. The smallest absolute Gasteiger partial charge is 0.338 e. The molecular weight excluding hydrogens is 384 g/mol. The summed E-state index contributed by atoms with van der Waals surface area (Å²) in [6.07, 6.45) is 1.71. The number of rotatable bonds is 3. The lowest BCUT2D eigenvalue weighted by Gasteiger charge is -2.22. The molecule has 0 bridgehead atoms. The van der Waals surface area contributed by atoms with Crippen molar-refractivity contribution in [1.29, 1.82) is 0 Å². The molecule has 0 N–H and O–H groups in total. The second-order valence-electron chi connectivity index (χ2n) is 6.04. The molecule has 0 amide bonds. The van der Waals surface area contributed by atoms with Crippen LogP contribution in [0.3, 0.4) is 0 Å². The van der Waals surface area contributed by atoms with E-state index in [9.17, 15) is 9.59 Å². The highest BCUT2D eigenvalue weighted by Crippen LogP contribution is 2.32. The molecule has 1 atom stereocenters. The second-order valence-corrected chi connectivity index (χ2v) is 8.03. The van der Waals surface area contributed by atoms with E-state index in [-0.39, 0.29) is 5.56 Å². The summed E-state index contributed by atoms with van der Waals surface area (Å²) in [6.45, 7) is 3.61. The first-order chi connectivity index (χ1) is 13.0. The Bertz CT molecular complexity index is 1230. The Morgan fingerprint density at radius 3 is 2.78 bits per heavy atom. The van der Waals surface area contributed by atoms with Crippen LogP contribution in [0.15, 0.2) is 55.1 Å². The number of thiazole rings is 1. The van der Waals surface area contributed by atoms with Gasteiger partial charge < -0.3 is 9.15 Å². The highest BCUT2D eigenvalue weighted by molar-refractivity contribution is 7.10. The highest BCUT2D eigenvalue weighted by Gasteiger charge is 2.33. The van der Waals surface area contributed by atoms with E-state index in [0.29, 0.717) is 26.4 Å². The van der Waals surface area contributed by atoms with Gasteiger partial charge in [-0.2, -0.15) is 0 Å². The number of carbonyl (C=O) groups is 1. The third-order valence-corrected chi connectivity index (χ3v) is 6.18. The summed E-state index contributed by atoms with van der Waals surface area (Å²) in [6, 6.07) is 6.91. The summed E-state index contributed by atoms with van der Waals surface area (Å²) in [4.78, 5) is 31.5. The molecule has 4 rings (SSSR count). The van der Waals surface area contributed by atoms with Gasteiger partial charge in [0.2, 0.25) is 0 Å². The number of allylic oxidation sites excluding steroid dienone is 1. The maximum Gasteiger partial charge on any atom is 0.338 e. The number of esters is 1. The van der Waals surface area contributed by atoms with Crippen molar-refractivity contribution in [3.05, 3.63) is 77.0 Å². The van der Waals surface area contributed by atoms with Crippen LogP contribution in [0.5, 0.6) is 0 Å². The van der Waals surface area contributed by atoms with E-state index in [2.05, 4.69) is 4.99 Å². The van der Waals surface area contributed by atoms with E-state index < -0.39 is 12.0 Å². The Morgan fingerprint density at radius 1 is 1.33 bits per heavy atom. The van der Waals surface area contributed by atoms with E-state index in [0.717, 1.165) is 10.6 Å². The molecule has 1 aliphatic heterocycles. The lowest BCUT2D eigenvalue weighted by molar-refractivity contribution is -0.136. The minimum Gasteiger partial charge on any atom is -0.466 e. The Hall–Kier alpha value is -2.71. The first kappa shape index (κ1) is 17.7. The number of ether oxygens (including phenoxy) is 1. The normalized spacial score (nSPS) is 17.0. The van der Waals surface area contributed by atoms with Crippen LogP contribution in [0.25, 0.3) is 6.08 Å². The third-order valence-electron chi connectivity index (χ3n) is 4.27. The summed E-state index contributed by atoms with van der Waals surface area (Å²) < 4.78 is 12.6. The summed E-state index contributed by atoms with van der Waals surface area (Å²) in [5, 5.41) is 1.92.